The van der Waals surface area contributed by atoms with Crippen LogP contribution in [0, 0.1) is 0 Å². The minimum atomic E-state index is -0.328. The number of carbonyl (C=O) groups is 1. The van der Waals surface area contributed by atoms with Gasteiger partial charge in [-0.1, -0.05) is 0 Å². The zero-order valence-corrected chi connectivity index (χ0v) is 14.9. The van der Waals surface area contributed by atoms with Crippen LogP contribution in [0.5, 0.6) is 0 Å². The van der Waals surface area contributed by atoms with Crippen LogP contribution < -0.4 is 4.90 Å². The van der Waals surface area contributed by atoms with E-state index >= 15 is 0 Å². The van der Waals surface area contributed by atoms with Crippen LogP contribution in [0.2, 0.25) is 0 Å². The van der Waals surface area contributed by atoms with Gasteiger partial charge in [0.05, 0.1) is 17.5 Å². The van der Waals surface area contributed by atoms with Crippen LogP contribution in [0.4, 0.5) is 17.2 Å². The molecule has 3 aromatic rings. The standard InChI is InChI=1S/C17H17N5O2S/c1-4-24-17(23)14-9-11-13(22(2)3)6-5-12(16(11)25-14)20-21-15-10-18-7-8-19-15/h5-10H,4H2,1-3H3. The van der Waals surface area contributed by atoms with Gasteiger partial charge in [-0.2, -0.15) is 0 Å². The molecule has 2 aromatic heterocycles. The lowest BCUT2D eigenvalue weighted by Gasteiger charge is -2.14. The molecule has 25 heavy (non-hydrogen) atoms. The van der Waals surface area contributed by atoms with Crippen molar-refractivity contribution in [1.82, 2.24) is 9.97 Å². The Morgan fingerprint density at radius 3 is 2.80 bits per heavy atom. The second kappa shape index (κ2) is 7.35. The quantitative estimate of drug-likeness (QED) is 0.502. The van der Waals surface area contributed by atoms with Crippen LogP contribution in [0.3, 0.4) is 0 Å². The number of benzene rings is 1. The number of hydrogen-bond acceptors (Lipinski definition) is 8. The Morgan fingerprint density at radius 1 is 1.28 bits per heavy atom. The van der Waals surface area contributed by atoms with Gasteiger partial charge in [0, 0.05) is 37.6 Å². The molecule has 0 saturated heterocycles. The molecule has 0 aliphatic rings. The normalized spacial score (nSPS) is 11.2. The summed E-state index contributed by atoms with van der Waals surface area (Å²) in [6, 6.07) is 5.67. The van der Waals surface area contributed by atoms with Gasteiger partial charge in [0.25, 0.3) is 0 Å². The maximum Gasteiger partial charge on any atom is 0.348 e. The van der Waals surface area contributed by atoms with E-state index in [9.17, 15) is 4.79 Å². The molecule has 128 valence electrons. The summed E-state index contributed by atoms with van der Waals surface area (Å²) in [5.41, 5.74) is 1.67. The number of azo groups is 1. The molecule has 0 amide bonds. The van der Waals surface area contributed by atoms with Crippen molar-refractivity contribution in [2.45, 2.75) is 6.92 Å². The molecule has 0 atom stereocenters. The number of ether oxygens (including phenoxy) is 1. The summed E-state index contributed by atoms with van der Waals surface area (Å²) >= 11 is 1.35. The predicted octanol–water partition coefficient (Wildman–Crippen LogP) is 4.35. The Morgan fingerprint density at radius 2 is 2.12 bits per heavy atom. The van der Waals surface area contributed by atoms with Crippen LogP contribution in [0.1, 0.15) is 16.6 Å². The minimum absolute atomic E-state index is 0.328. The highest BCUT2D eigenvalue weighted by Gasteiger charge is 2.16. The smallest absolute Gasteiger partial charge is 0.348 e. The lowest BCUT2D eigenvalue weighted by Crippen LogP contribution is -2.08. The molecule has 0 radical (unpaired) electrons. The molecular formula is C17H17N5O2S. The number of aromatic nitrogens is 2. The number of nitrogens with zero attached hydrogens (tertiary/aromatic N) is 5. The second-order valence-corrected chi connectivity index (χ2v) is 6.39. The Kier molecular flexibility index (Phi) is 4.99. The third-order valence-electron chi connectivity index (χ3n) is 3.41. The van der Waals surface area contributed by atoms with Gasteiger partial charge in [0.2, 0.25) is 0 Å². The first-order valence-corrected chi connectivity index (χ1v) is 8.50. The number of hydrogen-bond donors (Lipinski definition) is 0. The van der Waals surface area contributed by atoms with Gasteiger partial charge in [-0.3, -0.25) is 4.98 Å². The molecule has 1 aromatic carbocycles. The van der Waals surface area contributed by atoms with E-state index in [0.29, 0.717) is 23.0 Å². The number of carbonyl (C=O) groups excluding carboxylic acids is 1. The minimum Gasteiger partial charge on any atom is -0.462 e. The van der Waals surface area contributed by atoms with Gasteiger partial charge in [-0.15, -0.1) is 21.6 Å². The van der Waals surface area contributed by atoms with Gasteiger partial charge in [-0.25, -0.2) is 9.78 Å². The molecule has 2 heterocycles. The van der Waals surface area contributed by atoms with Crippen molar-refractivity contribution in [1.29, 1.82) is 0 Å². The summed E-state index contributed by atoms with van der Waals surface area (Å²) in [6.07, 6.45) is 4.67. The monoisotopic (exact) mass is 355 g/mol. The molecule has 7 nitrogen and oxygen atoms in total. The van der Waals surface area contributed by atoms with Gasteiger partial charge >= 0.3 is 5.97 Å². The topological polar surface area (TPSA) is 80.0 Å². The molecule has 0 fully saturated rings. The third-order valence-corrected chi connectivity index (χ3v) is 4.55. The average molecular weight is 355 g/mol. The van der Waals surface area contributed by atoms with Crippen molar-refractivity contribution in [2.75, 3.05) is 25.6 Å². The highest BCUT2D eigenvalue weighted by atomic mass is 32.1. The van der Waals surface area contributed by atoms with E-state index in [1.54, 1.807) is 19.3 Å². The van der Waals surface area contributed by atoms with Crippen LogP contribution in [-0.2, 0) is 4.74 Å². The van der Waals surface area contributed by atoms with Crippen molar-refractivity contribution >= 4 is 44.6 Å². The summed E-state index contributed by atoms with van der Waals surface area (Å²) in [4.78, 5) is 22.7. The molecule has 0 spiro atoms. The summed E-state index contributed by atoms with van der Waals surface area (Å²) < 4.78 is 5.99. The van der Waals surface area contributed by atoms with Gasteiger partial charge in [0.1, 0.15) is 10.6 Å². The number of anilines is 1. The molecule has 0 bridgehead atoms. The Balaban J connectivity index is 2.08. The molecule has 3 rings (SSSR count). The number of thiophene rings is 1. The summed E-state index contributed by atoms with van der Waals surface area (Å²) in [6.45, 7) is 2.13. The van der Waals surface area contributed by atoms with Crippen LogP contribution in [0.15, 0.2) is 47.0 Å². The fourth-order valence-corrected chi connectivity index (χ4v) is 3.34. The molecule has 0 aliphatic carbocycles. The average Bonchev–Trinajstić information content (AvgIpc) is 3.06. The Hall–Kier alpha value is -2.87. The number of rotatable bonds is 5. The Bertz CT molecular complexity index is 921. The van der Waals surface area contributed by atoms with Gasteiger partial charge in [0.15, 0.2) is 5.82 Å². The molecule has 0 N–H and O–H groups in total. The zero-order chi connectivity index (χ0) is 17.8. The van der Waals surface area contributed by atoms with Crippen molar-refractivity contribution < 1.29 is 9.53 Å². The van der Waals surface area contributed by atoms with Gasteiger partial charge < -0.3 is 9.64 Å². The lowest BCUT2D eigenvalue weighted by molar-refractivity contribution is 0.0532. The van der Waals surface area contributed by atoms with E-state index in [4.69, 9.17) is 4.74 Å². The maximum absolute atomic E-state index is 12.1. The third kappa shape index (κ3) is 3.63. The lowest BCUT2D eigenvalue weighted by atomic mass is 10.2. The fraction of sp³-hybridized carbons (Fsp3) is 0.235. The van der Waals surface area contributed by atoms with E-state index in [-0.39, 0.29) is 5.97 Å². The second-order valence-electron chi connectivity index (χ2n) is 5.34. The first-order valence-electron chi connectivity index (χ1n) is 7.69. The maximum atomic E-state index is 12.1. The highest BCUT2D eigenvalue weighted by molar-refractivity contribution is 7.21. The van der Waals surface area contributed by atoms with Crippen molar-refractivity contribution in [3.63, 3.8) is 0 Å². The van der Waals surface area contributed by atoms with E-state index in [1.165, 1.54) is 17.5 Å². The highest BCUT2D eigenvalue weighted by Crippen LogP contribution is 2.40. The first-order chi connectivity index (χ1) is 12.1. The molecule has 0 saturated carbocycles. The summed E-state index contributed by atoms with van der Waals surface area (Å²) in [7, 11) is 3.91. The summed E-state index contributed by atoms with van der Waals surface area (Å²) in [5.74, 6) is 0.0970. The van der Waals surface area contributed by atoms with Gasteiger partial charge in [-0.05, 0) is 25.1 Å². The first kappa shape index (κ1) is 17.0. The van der Waals surface area contributed by atoms with Crippen molar-refractivity contribution in [3.05, 3.63) is 41.7 Å². The van der Waals surface area contributed by atoms with E-state index < -0.39 is 0 Å². The van der Waals surface area contributed by atoms with Crippen molar-refractivity contribution in [3.8, 4) is 0 Å². The zero-order valence-electron chi connectivity index (χ0n) is 14.1. The van der Waals surface area contributed by atoms with Crippen molar-refractivity contribution in [2.24, 2.45) is 10.2 Å². The molecule has 0 aliphatic heterocycles. The van der Waals surface area contributed by atoms with Crippen LogP contribution >= 0.6 is 11.3 Å². The van der Waals surface area contributed by atoms with Crippen LogP contribution in [-0.4, -0.2) is 36.6 Å². The predicted molar refractivity (Wildman–Crippen MR) is 98.3 cm³/mol. The molecule has 8 heteroatoms. The molecular weight excluding hydrogens is 338 g/mol. The SMILES string of the molecule is CCOC(=O)c1cc2c(N(C)C)ccc(N=Nc3cnccn3)c2s1. The summed E-state index contributed by atoms with van der Waals surface area (Å²) in [5, 5.41) is 9.34. The number of fused-ring (bicyclic) bond motifs is 1. The van der Waals surface area contributed by atoms with E-state index in [2.05, 4.69) is 20.2 Å². The largest absolute Gasteiger partial charge is 0.462 e. The Labute approximate surface area is 149 Å². The molecule has 0 unspecified atom stereocenters. The van der Waals surface area contributed by atoms with E-state index in [1.807, 2.05) is 37.2 Å². The fourth-order valence-electron chi connectivity index (χ4n) is 2.31. The van der Waals surface area contributed by atoms with E-state index in [0.717, 1.165) is 15.8 Å². The van der Waals surface area contributed by atoms with Crippen LogP contribution in [0.25, 0.3) is 10.1 Å². The number of esters is 1.